The van der Waals surface area contributed by atoms with Gasteiger partial charge in [-0.1, -0.05) is 15.9 Å². The fourth-order valence-corrected chi connectivity index (χ4v) is 2.20. The van der Waals surface area contributed by atoms with Crippen LogP contribution >= 0.6 is 15.9 Å². The number of rotatable bonds is 3. The molecule has 1 rings (SSSR count). The number of likely N-dealkylation sites (tertiary alicyclic amines) is 1. The van der Waals surface area contributed by atoms with Crippen molar-refractivity contribution in [3.8, 4) is 0 Å². The van der Waals surface area contributed by atoms with Gasteiger partial charge in [-0.2, -0.15) is 0 Å². The fourth-order valence-electron chi connectivity index (χ4n) is 1.86. The molecular formula is C10H17BrN2O2. The molecule has 0 bridgehead atoms. The van der Waals surface area contributed by atoms with E-state index in [9.17, 15) is 9.59 Å². The van der Waals surface area contributed by atoms with Gasteiger partial charge in [0.15, 0.2) is 0 Å². The lowest BCUT2D eigenvalue weighted by atomic mass is 9.97. The Labute approximate surface area is 98.5 Å². The Morgan fingerprint density at radius 3 is 2.87 bits per heavy atom. The molecule has 15 heavy (non-hydrogen) atoms. The van der Waals surface area contributed by atoms with Crippen LogP contribution in [-0.4, -0.2) is 42.2 Å². The number of nitrogens with one attached hydrogen (secondary N) is 1. The minimum atomic E-state index is -0.0250. The van der Waals surface area contributed by atoms with Crippen LogP contribution in [0.15, 0.2) is 0 Å². The highest BCUT2D eigenvalue weighted by Gasteiger charge is 2.27. The number of piperidine rings is 1. The van der Waals surface area contributed by atoms with Gasteiger partial charge in [-0.25, -0.2) is 0 Å². The molecule has 1 aliphatic rings. The first kappa shape index (κ1) is 12.5. The molecule has 4 nitrogen and oxygen atoms in total. The highest BCUT2D eigenvalue weighted by atomic mass is 79.9. The van der Waals surface area contributed by atoms with E-state index in [-0.39, 0.29) is 17.7 Å². The summed E-state index contributed by atoms with van der Waals surface area (Å²) in [6.45, 7) is 1.37. The highest BCUT2D eigenvalue weighted by Crippen LogP contribution is 2.17. The molecule has 1 atom stereocenters. The second kappa shape index (κ2) is 6.10. The van der Waals surface area contributed by atoms with E-state index in [1.54, 1.807) is 11.9 Å². The summed E-state index contributed by atoms with van der Waals surface area (Å²) in [5.74, 6) is 0.162. The average Bonchev–Trinajstić information content (AvgIpc) is 2.28. The second-order valence-corrected chi connectivity index (χ2v) is 4.53. The van der Waals surface area contributed by atoms with E-state index >= 15 is 0 Å². The quantitative estimate of drug-likeness (QED) is 0.774. The van der Waals surface area contributed by atoms with Crippen LogP contribution in [0.2, 0.25) is 0 Å². The largest absolute Gasteiger partial charge is 0.359 e. The molecule has 0 aromatic heterocycles. The lowest BCUT2D eigenvalue weighted by Gasteiger charge is -2.31. The molecule has 5 heteroatoms. The van der Waals surface area contributed by atoms with Crippen molar-refractivity contribution in [1.82, 2.24) is 10.2 Å². The lowest BCUT2D eigenvalue weighted by Crippen LogP contribution is -2.44. The zero-order chi connectivity index (χ0) is 11.3. The molecule has 0 aliphatic carbocycles. The SMILES string of the molecule is CNC(=O)C1CCCN(C(=O)CCBr)C1. The van der Waals surface area contributed by atoms with Gasteiger partial charge in [0.2, 0.25) is 11.8 Å². The Morgan fingerprint density at radius 1 is 1.53 bits per heavy atom. The number of alkyl halides is 1. The Hall–Kier alpha value is -0.580. The van der Waals surface area contributed by atoms with Gasteiger partial charge in [-0.3, -0.25) is 9.59 Å². The summed E-state index contributed by atoms with van der Waals surface area (Å²) < 4.78 is 0. The van der Waals surface area contributed by atoms with Gasteiger partial charge in [0.25, 0.3) is 0 Å². The first-order valence-corrected chi connectivity index (χ1v) is 6.36. The number of nitrogens with zero attached hydrogens (tertiary/aromatic N) is 1. The van der Waals surface area contributed by atoms with Gasteiger partial charge in [-0.15, -0.1) is 0 Å². The topological polar surface area (TPSA) is 49.4 Å². The van der Waals surface area contributed by atoms with Crippen LogP contribution in [0.5, 0.6) is 0 Å². The van der Waals surface area contributed by atoms with Crippen molar-refractivity contribution in [1.29, 1.82) is 0 Å². The lowest BCUT2D eigenvalue weighted by molar-refractivity contribution is -0.135. The molecule has 0 aromatic rings. The summed E-state index contributed by atoms with van der Waals surface area (Å²) in [7, 11) is 1.64. The van der Waals surface area contributed by atoms with Gasteiger partial charge in [0, 0.05) is 31.9 Å². The molecule has 0 radical (unpaired) electrons. The molecule has 0 aromatic carbocycles. The van der Waals surface area contributed by atoms with E-state index in [1.165, 1.54) is 0 Å². The van der Waals surface area contributed by atoms with E-state index in [1.807, 2.05) is 0 Å². The van der Waals surface area contributed by atoms with Crippen LogP contribution < -0.4 is 5.32 Å². The monoisotopic (exact) mass is 276 g/mol. The van der Waals surface area contributed by atoms with E-state index in [4.69, 9.17) is 0 Å². The number of carbonyl (C=O) groups is 2. The Balaban J connectivity index is 2.48. The standard InChI is InChI=1S/C10H17BrN2O2/c1-12-10(15)8-3-2-6-13(7-8)9(14)4-5-11/h8H,2-7H2,1H3,(H,12,15). The maximum absolute atomic E-state index is 11.6. The van der Waals surface area contributed by atoms with Crippen molar-refractivity contribution in [2.24, 2.45) is 5.92 Å². The summed E-state index contributed by atoms with van der Waals surface area (Å²) in [6.07, 6.45) is 2.32. The minimum Gasteiger partial charge on any atom is -0.359 e. The zero-order valence-electron chi connectivity index (χ0n) is 8.96. The molecule has 1 aliphatic heterocycles. The number of amides is 2. The van der Waals surface area contributed by atoms with Crippen molar-refractivity contribution in [2.75, 3.05) is 25.5 Å². The van der Waals surface area contributed by atoms with Crippen molar-refractivity contribution >= 4 is 27.7 Å². The van der Waals surface area contributed by atoms with Crippen molar-refractivity contribution < 1.29 is 9.59 Å². The Kier molecular flexibility index (Phi) is 5.08. The first-order valence-electron chi connectivity index (χ1n) is 5.24. The third kappa shape index (κ3) is 3.48. The third-order valence-electron chi connectivity index (χ3n) is 2.70. The number of halogens is 1. The summed E-state index contributed by atoms with van der Waals surface area (Å²) in [5, 5.41) is 3.33. The maximum atomic E-state index is 11.6. The van der Waals surface area contributed by atoms with E-state index in [0.29, 0.717) is 18.3 Å². The maximum Gasteiger partial charge on any atom is 0.224 e. The molecule has 1 N–H and O–H groups in total. The van der Waals surface area contributed by atoms with Crippen molar-refractivity contribution in [3.05, 3.63) is 0 Å². The van der Waals surface area contributed by atoms with Gasteiger partial charge < -0.3 is 10.2 Å². The molecule has 1 unspecified atom stereocenters. The summed E-state index contributed by atoms with van der Waals surface area (Å²) >= 11 is 3.25. The molecule has 2 amide bonds. The summed E-state index contributed by atoms with van der Waals surface area (Å²) in [5.41, 5.74) is 0. The van der Waals surface area contributed by atoms with E-state index < -0.39 is 0 Å². The van der Waals surface area contributed by atoms with Crippen molar-refractivity contribution in [2.45, 2.75) is 19.3 Å². The molecule has 1 fully saturated rings. The fraction of sp³-hybridized carbons (Fsp3) is 0.800. The Morgan fingerprint density at radius 2 is 2.27 bits per heavy atom. The third-order valence-corrected chi connectivity index (χ3v) is 3.10. The summed E-state index contributed by atoms with van der Waals surface area (Å²) in [6, 6.07) is 0. The molecular weight excluding hydrogens is 260 g/mol. The van der Waals surface area contributed by atoms with Crippen LogP contribution in [0.3, 0.4) is 0 Å². The summed E-state index contributed by atoms with van der Waals surface area (Å²) in [4.78, 5) is 24.8. The zero-order valence-corrected chi connectivity index (χ0v) is 10.5. The molecule has 0 saturated carbocycles. The van der Waals surface area contributed by atoms with Crippen LogP contribution in [0, 0.1) is 5.92 Å². The molecule has 1 saturated heterocycles. The number of hydrogen-bond acceptors (Lipinski definition) is 2. The van der Waals surface area contributed by atoms with E-state index in [0.717, 1.165) is 19.4 Å². The average molecular weight is 277 g/mol. The molecule has 0 spiro atoms. The molecule has 1 heterocycles. The highest BCUT2D eigenvalue weighted by molar-refractivity contribution is 9.09. The Bertz CT molecular complexity index is 246. The van der Waals surface area contributed by atoms with Gasteiger partial charge in [-0.05, 0) is 12.8 Å². The predicted octanol–water partition coefficient (Wildman–Crippen LogP) is 0.756. The first-order chi connectivity index (χ1) is 7.19. The predicted molar refractivity (Wildman–Crippen MR) is 61.8 cm³/mol. The van der Waals surface area contributed by atoms with Crippen LogP contribution in [-0.2, 0) is 9.59 Å². The van der Waals surface area contributed by atoms with Crippen LogP contribution in [0.1, 0.15) is 19.3 Å². The molecule has 86 valence electrons. The number of hydrogen-bond donors (Lipinski definition) is 1. The van der Waals surface area contributed by atoms with Crippen molar-refractivity contribution in [3.63, 3.8) is 0 Å². The number of carbonyl (C=O) groups excluding carboxylic acids is 2. The normalized spacial score (nSPS) is 21.2. The van der Waals surface area contributed by atoms with Gasteiger partial charge >= 0.3 is 0 Å². The smallest absolute Gasteiger partial charge is 0.224 e. The van der Waals surface area contributed by atoms with Gasteiger partial charge in [0.05, 0.1) is 5.92 Å². The second-order valence-electron chi connectivity index (χ2n) is 3.73. The minimum absolute atomic E-state index is 0.0250. The van der Waals surface area contributed by atoms with Crippen LogP contribution in [0.4, 0.5) is 0 Å². The van der Waals surface area contributed by atoms with Crippen LogP contribution in [0.25, 0.3) is 0 Å². The van der Waals surface area contributed by atoms with E-state index in [2.05, 4.69) is 21.2 Å². The van der Waals surface area contributed by atoms with Gasteiger partial charge in [0.1, 0.15) is 0 Å².